The van der Waals surface area contributed by atoms with E-state index in [1.54, 1.807) is 27.2 Å². The number of nitrogens with one attached hydrogen (secondary N) is 1. The third-order valence-electron chi connectivity index (χ3n) is 8.04. The molecule has 1 amide bonds. The summed E-state index contributed by atoms with van der Waals surface area (Å²) in [5.74, 6) is 1.22. The zero-order chi connectivity index (χ0) is 30.3. The number of esters is 1. The molecule has 1 fully saturated rings. The van der Waals surface area contributed by atoms with E-state index in [-0.39, 0.29) is 18.3 Å². The number of amides is 1. The molecule has 0 saturated heterocycles. The monoisotopic (exact) mass is 623 g/mol. The van der Waals surface area contributed by atoms with Crippen molar-refractivity contribution in [1.82, 2.24) is 9.55 Å². The first kappa shape index (κ1) is 30.9. The van der Waals surface area contributed by atoms with E-state index in [1.807, 2.05) is 41.0 Å². The fourth-order valence-electron chi connectivity index (χ4n) is 5.88. The van der Waals surface area contributed by atoms with Crippen LogP contribution in [0.2, 0.25) is 5.02 Å². The van der Waals surface area contributed by atoms with Crippen molar-refractivity contribution in [3.63, 3.8) is 0 Å². The van der Waals surface area contributed by atoms with E-state index in [9.17, 15) is 9.59 Å². The second-order valence-corrected chi connectivity index (χ2v) is 12.3. The highest BCUT2D eigenvalue weighted by Gasteiger charge is 2.24. The molecule has 228 valence electrons. The molecule has 0 bridgehead atoms. The lowest BCUT2D eigenvalue weighted by Crippen LogP contribution is -2.18. The van der Waals surface area contributed by atoms with Crippen LogP contribution in [0.3, 0.4) is 0 Å². The topological polar surface area (TPSA) is 91.7 Å². The number of methoxy groups -OCH3 is 2. The summed E-state index contributed by atoms with van der Waals surface area (Å²) in [6, 6.07) is 13.2. The van der Waals surface area contributed by atoms with E-state index in [4.69, 9.17) is 30.8 Å². The highest BCUT2D eigenvalue weighted by Crippen LogP contribution is 2.43. The molecule has 0 atom stereocenters. The van der Waals surface area contributed by atoms with Gasteiger partial charge in [0.25, 0.3) is 5.91 Å². The van der Waals surface area contributed by atoms with Gasteiger partial charge < -0.3 is 18.8 Å². The first-order chi connectivity index (χ1) is 20.9. The Morgan fingerprint density at radius 2 is 1.84 bits per heavy atom. The van der Waals surface area contributed by atoms with Crippen LogP contribution < -0.4 is 14.8 Å². The second-order valence-electron chi connectivity index (χ2n) is 10.8. The Labute approximate surface area is 261 Å². The van der Waals surface area contributed by atoms with Gasteiger partial charge in [0.15, 0.2) is 5.13 Å². The molecule has 1 saturated carbocycles. The van der Waals surface area contributed by atoms with Crippen LogP contribution in [0, 0.1) is 5.92 Å². The summed E-state index contributed by atoms with van der Waals surface area (Å²) in [6.45, 7) is 2.42. The standard InChI is InChI=1S/C33H38ClN3O5S/c1-4-42-30(38)16-17-37-25-13-9-8-12-22(25)18-26(37)32(39)36-33-35-31(23-19-28(41-3)24(34)20-27(23)40-2)29(43-33)15-14-21-10-6-5-7-11-21/h8-9,12-13,18-21H,4-7,10-11,14-17H2,1-3H3,(H,35,36,39). The molecule has 8 nitrogen and oxygen atoms in total. The van der Waals surface area contributed by atoms with Gasteiger partial charge in [0.2, 0.25) is 0 Å². The van der Waals surface area contributed by atoms with Crippen molar-refractivity contribution in [2.75, 3.05) is 26.1 Å². The van der Waals surface area contributed by atoms with Crippen molar-refractivity contribution < 1.29 is 23.8 Å². The van der Waals surface area contributed by atoms with Gasteiger partial charge in [-0.25, -0.2) is 4.98 Å². The van der Waals surface area contributed by atoms with E-state index in [0.29, 0.717) is 46.4 Å². The molecule has 1 N–H and O–H groups in total. The molecule has 1 aliphatic carbocycles. The number of ether oxygens (including phenoxy) is 3. The molecule has 1 aliphatic rings. The Balaban J connectivity index is 1.47. The number of halogens is 1. The van der Waals surface area contributed by atoms with Crippen LogP contribution in [0.25, 0.3) is 22.2 Å². The maximum Gasteiger partial charge on any atom is 0.307 e. The van der Waals surface area contributed by atoms with Crippen LogP contribution in [0.4, 0.5) is 5.13 Å². The summed E-state index contributed by atoms with van der Waals surface area (Å²) < 4.78 is 18.2. The van der Waals surface area contributed by atoms with Crippen molar-refractivity contribution in [2.45, 2.75) is 64.8 Å². The van der Waals surface area contributed by atoms with Crippen molar-refractivity contribution >= 4 is 50.8 Å². The lowest BCUT2D eigenvalue weighted by Gasteiger charge is -2.21. The fourth-order valence-corrected chi connectivity index (χ4v) is 7.10. The Morgan fingerprint density at radius 3 is 2.58 bits per heavy atom. The van der Waals surface area contributed by atoms with E-state index < -0.39 is 0 Å². The average molecular weight is 624 g/mol. The van der Waals surface area contributed by atoms with Crippen LogP contribution in [0.1, 0.15) is 67.2 Å². The number of nitrogens with zero attached hydrogens (tertiary/aromatic N) is 2. The summed E-state index contributed by atoms with van der Waals surface area (Å²) in [7, 11) is 3.18. The number of hydrogen-bond acceptors (Lipinski definition) is 7. The number of carbonyl (C=O) groups is 2. The first-order valence-corrected chi connectivity index (χ1v) is 16.1. The first-order valence-electron chi connectivity index (χ1n) is 14.9. The number of fused-ring (bicyclic) bond motifs is 1. The highest BCUT2D eigenvalue weighted by atomic mass is 35.5. The minimum atomic E-state index is -0.300. The van der Waals surface area contributed by atoms with Gasteiger partial charge in [-0.3, -0.25) is 14.9 Å². The fraction of sp³-hybridized carbons (Fsp3) is 0.424. The van der Waals surface area contributed by atoms with Crippen LogP contribution >= 0.6 is 22.9 Å². The van der Waals surface area contributed by atoms with Gasteiger partial charge >= 0.3 is 5.97 Å². The van der Waals surface area contributed by atoms with Gasteiger partial charge in [-0.1, -0.05) is 61.9 Å². The van der Waals surface area contributed by atoms with Gasteiger partial charge in [-0.2, -0.15) is 0 Å². The number of anilines is 1. The SMILES string of the molecule is CCOC(=O)CCn1c(C(=O)Nc2nc(-c3cc(OC)c(Cl)cc3OC)c(CCC3CCCCC3)s2)cc2ccccc21. The number of aryl methyl sites for hydroxylation is 2. The molecular weight excluding hydrogens is 586 g/mol. The van der Waals surface area contributed by atoms with Gasteiger partial charge in [0.05, 0.1) is 38.0 Å². The van der Waals surface area contributed by atoms with E-state index in [0.717, 1.165) is 39.9 Å². The normalized spacial score (nSPS) is 13.7. The van der Waals surface area contributed by atoms with Crippen LogP contribution in [-0.4, -0.2) is 42.3 Å². The van der Waals surface area contributed by atoms with E-state index >= 15 is 0 Å². The predicted molar refractivity (Wildman–Crippen MR) is 172 cm³/mol. The molecule has 10 heteroatoms. The Hall–Kier alpha value is -3.56. The number of benzene rings is 2. The van der Waals surface area contributed by atoms with Gasteiger partial charge in [0.1, 0.15) is 17.2 Å². The molecule has 5 rings (SSSR count). The lowest BCUT2D eigenvalue weighted by atomic mass is 9.86. The molecule has 0 aliphatic heterocycles. The molecule has 0 unspecified atom stereocenters. The Bertz CT molecular complexity index is 1590. The maximum atomic E-state index is 13.8. The molecule has 2 aromatic carbocycles. The summed E-state index contributed by atoms with van der Waals surface area (Å²) in [6.07, 6.45) is 8.48. The molecule has 2 aromatic heterocycles. The number of hydrogen-bond donors (Lipinski definition) is 1. The van der Waals surface area contributed by atoms with Crippen LogP contribution in [0.15, 0.2) is 42.5 Å². The second kappa shape index (κ2) is 14.3. The minimum Gasteiger partial charge on any atom is -0.496 e. The van der Waals surface area contributed by atoms with Crippen molar-refractivity contribution in [3.8, 4) is 22.8 Å². The number of para-hydroxylation sites is 1. The third kappa shape index (κ3) is 7.16. The number of rotatable bonds is 12. The molecule has 2 heterocycles. The molecule has 43 heavy (non-hydrogen) atoms. The lowest BCUT2D eigenvalue weighted by molar-refractivity contribution is -0.143. The van der Waals surface area contributed by atoms with Crippen LogP contribution in [0.5, 0.6) is 11.5 Å². The van der Waals surface area contributed by atoms with Crippen LogP contribution in [-0.2, 0) is 22.5 Å². The Kier molecular flexibility index (Phi) is 10.3. The highest BCUT2D eigenvalue weighted by molar-refractivity contribution is 7.16. The largest absolute Gasteiger partial charge is 0.496 e. The molecule has 4 aromatic rings. The van der Waals surface area contributed by atoms with E-state index in [2.05, 4.69) is 5.32 Å². The average Bonchev–Trinajstić information content (AvgIpc) is 3.60. The van der Waals surface area contributed by atoms with E-state index in [1.165, 1.54) is 43.4 Å². The summed E-state index contributed by atoms with van der Waals surface area (Å²) in [5, 5.41) is 4.92. The summed E-state index contributed by atoms with van der Waals surface area (Å²) in [4.78, 5) is 31.9. The summed E-state index contributed by atoms with van der Waals surface area (Å²) in [5.41, 5.74) is 2.85. The van der Waals surface area contributed by atoms with Gasteiger partial charge in [-0.05, 0) is 43.9 Å². The van der Waals surface area contributed by atoms with Crippen molar-refractivity contribution in [3.05, 3.63) is 58.1 Å². The van der Waals surface area contributed by atoms with Crippen molar-refractivity contribution in [2.24, 2.45) is 5.92 Å². The quantitative estimate of drug-likeness (QED) is 0.160. The smallest absolute Gasteiger partial charge is 0.307 e. The van der Waals surface area contributed by atoms with Gasteiger partial charge in [0, 0.05) is 34.0 Å². The Morgan fingerprint density at radius 1 is 1.07 bits per heavy atom. The third-order valence-corrected chi connectivity index (χ3v) is 9.37. The molecule has 0 radical (unpaired) electrons. The number of carbonyl (C=O) groups excluding carboxylic acids is 2. The minimum absolute atomic E-state index is 0.164. The molecule has 0 spiro atoms. The number of thiazole rings is 1. The predicted octanol–water partition coefficient (Wildman–Crippen LogP) is 8.15. The summed E-state index contributed by atoms with van der Waals surface area (Å²) >= 11 is 7.90. The maximum absolute atomic E-state index is 13.8. The van der Waals surface area contributed by atoms with Gasteiger partial charge in [-0.15, -0.1) is 11.3 Å². The zero-order valence-corrected chi connectivity index (χ0v) is 26.5. The van der Waals surface area contributed by atoms with Crippen molar-refractivity contribution in [1.29, 1.82) is 0 Å². The zero-order valence-electron chi connectivity index (χ0n) is 24.9. The number of aromatic nitrogens is 2. The molecular formula is C33H38ClN3O5S.